The average Bonchev–Trinajstić information content (AvgIpc) is 3.07. The van der Waals surface area contributed by atoms with Gasteiger partial charge in [0.05, 0.1) is 16.6 Å². The number of rotatable bonds is 3. The molecule has 5 aromatic rings. The summed E-state index contributed by atoms with van der Waals surface area (Å²) < 4.78 is 1.69. The zero-order chi connectivity index (χ0) is 20.7. The predicted octanol–water partition coefficient (Wildman–Crippen LogP) is 5.65. The van der Waals surface area contributed by atoms with Crippen LogP contribution in [0.5, 0.6) is 0 Å². The molecule has 0 amide bonds. The maximum absolute atomic E-state index is 13.4. The van der Waals surface area contributed by atoms with E-state index in [1.54, 1.807) is 4.57 Å². The zero-order valence-electron chi connectivity index (χ0n) is 16.9. The number of hydrogen-bond donors (Lipinski definition) is 1. The summed E-state index contributed by atoms with van der Waals surface area (Å²) in [6.07, 6.45) is 3.97. The Kier molecular flexibility index (Phi) is 4.32. The van der Waals surface area contributed by atoms with Crippen LogP contribution in [0.4, 0.5) is 0 Å². The molecule has 4 heteroatoms. The molecule has 0 saturated carbocycles. The summed E-state index contributed by atoms with van der Waals surface area (Å²) in [5.74, 6) is 0.606. The Morgan fingerprint density at radius 2 is 1.63 bits per heavy atom. The van der Waals surface area contributed by atoms with E-state index >= 15 is 0 Å². The standard InChI is InChI=1S/C26H21N3O/c1-17-8-7-9-19(16-17)29-25(28-24-13-6-4-11-22(24)26(29)30)15-14-20-18(2)27-23-12-5-3-10-21(20)23/h3-16,27H,1-2H3. The smallest absolute Gasteiger partial charge is 0.266 e. The second-order valence-corrected chi connectivity index (χ2v) is 7.51. The molecule has 0 bridgehead atoms. The van der Waals surface area contributed by atoms with Gasteiger partial charge in [-0.2, -0.15) is 0 Å². The normalized spacial score (nSPS) is 11.7. The van der Waals surface area contributed by atoms with E-state index < -0.39 is 0 Å². The van der Waals surface area contributed by atoms with Crippen LogP contribution >= 0.6 is 0 Å². The van der Waals surface area contributed by atoms with E-state index in [1.165, 1.54) is 0 Å². The summed E-state index contributed by atoms with van der Waals surface area (Å²) in [4.78, 5) is 21.6. The number of benzene rings is 3. The Bertz CT molecular complexity index is 1490. The highest BCUT2D eigenvalue weighted by molar-refractivity contribution is 5.93. The van der Waals surface area contributed by atoms with Gasteiger partial charge in [0.25, 0.3) is 5.56 Å². The third-order valence-corrected chi connectivity index (χ3v) is 5.40. The fourth-order valence-corrected chi connectivity index (χ4v) is 3.95. The molecule has 2 heterocycles. The largest absolute Gasteiger partial charge is 0.358 e. The van der Waals surface area contributed by atoms with Crippen molar-refractivity contribution in [3.8, 4) is 5.69 Å². The third kappa shape index (κ3) is 3.03. The van der Waals surface area contributed by atoms with Crippen LogP contribution in [0, 0.1) is 13.8 Å². The molecule has 0 saturated heterocycles. The molecule has 0 spiro atoms. The first kappa shape index (κ1) is 18.1. The monoisotopic (exact) mass is 391 g/mol. The zero-order valence-corrected chi connectivity index (χ0v) is 16.9. The van der Waals surface area contributed by atoms with Crippen LogP contribution in [-0.4, -0.2) is 14.5 Å². The Hall–Kier alpha value is -3.92. The van der Waals surface area contributed by atoms with Crippen LogP contribution in [-0.2, 0) is 0 Å². The molecule has 2 aromatic heterocycles. The van der Waals surface area contributed by atoms with Crippen LogP contribution in [0.15, 0.2) is 77.6 Å². The van der Waals surface area contributed by atoms with E-state index in [2.05, 4.69) is 24.0 Å². The fraction of sp³-hybridized carbons (Fsp3) is 0.0769. The average molecular weight is 391 g/mol. The summed E-state index contributed by atoms with van der Waals surface area (Å²) in [5, 5.41) is 1.76. The van der Waals surface area contributed by atoms with Crippen molar-refractivity contribution in [3.63, 3.8) is 0 Å². The van der Waals surface area contributed by atoms with Gasteiger partial charge in [0.1, 0.15) is 5.82 Å². The molecule has 0 aliphatic carbocycles. The molecular formula is C26H21N3O. The molecule has 146 valence electrons. The van der Waals surface area contributed by atoms with Crippen molar-refractivity contribution in [2.75, 3.05) is 0 Å². The maximum Gasteiger partial charge on any atom is 0.266 e. The van der Waals surface area contributed by atoms with Gasteiger partial charge in [-0.05, 0) is 61.9 Å². The molecule has 3 aromatic carbocycles. The lowest BCUT2D eigenvalue weighted by atomic mass is 10.1. The van der Waals surface area contributed by atoms with Crippen molar-refractivity contribution >= 4 is 34.0 Å². The second-order valence-electron chi connectivity index (χ2n) is 7.51. The number of aromatic nitrogens is 3. The van der Waals surface area contributed by atoms with Crippen molar-refractivity contribution < 1.29 is 0 Å². The van der Waals surface area contributed by atoms with Gasteiger partial charge in [-0.25, -0.2) is 4.98 Å². The predicted molar refractivity (Wildman–Crippen MR) is 124 cm³/mol. The summed E-state index contributed by atoms with van der Waals surface area (Å²) >= 11 is 0. The first-order valence-corrected chi connectivity index (χ1v) is 9.96. The lowest BCUT2D eigenvalue weighted by molar-refractivity contribution is 0.942. The molecular weight excluding hydrogens is 370 g/mol. The molecule has 30 heavy (non-hydrogen) atoms. The van der Waals surface area contributed by atoms with Crippen LogP contribution in [0.2, 0.25) is 0 Å². The topological polar surface area (TPSA) is 50.7 Å². The molecule has 1 N–H and O–H groups in total. The van der Waals surface area contributed by atoms with Gasteiger partial charge in [-0.1, -0.05) is 42.5 Å². The highest BCUT2D eigenvalue weighted by Crippen LogP contribution is 2.24. The van der Waals surface area contributed by atoms with Gasteiger partial charge in [0, 0.05) is 22.2 Å². The third-order valence-electron chi connectivity index (χ3n) is 5.40. The van der Waals surface area contributed by atoms with Crippen molar-refractivity contribution in [2.24, 2.45) is 0 Å². The van der Waals surface area contributed by atoms with Gasteiger partial charge in [0.15, 0.2) is 0 Å². The van der Waals surface area contributed by atoms with Crippen LogP contribution < -0.4 is 5.56 Å². The number of nitrogens with zero attached hydrogens (tertiary/aromatic N) is 2. The first-order chi connectivity index (χ1) is 14.6. The van der Waals surface area contributed by atoms with Crippen molar-refractivity contribution in [3.05, 3.63) is 106 Å². The van der Waals surface area contributed by atoms with Gasteiger partial charge in [-0.15, -0.1) is 0 Å². The molecule has 5 rings (SSSR count). The highest BCUT2D eigenvalue weighted by Gasteiger charge is 2.12. The van der Waals surface area contributed by atoms with Crippen LogP contribution in [0.3, 0.4) is 0 Å². The van der Waals surface area contributed by atoms with Crippen molar-refractivity contribution in [1.29, 1.82) is 0 Å². The van der Waals surface area contributed by atoms with E-state index in [9.17, 15) is 4.79 Å². The number of nitrogens with one attached hydrogen (secondary N) is 1. The lowest BCUT2D eigenvalue weighted by Gasteiger charge is -2.12. The second kappa shape index (κ2) is 7.16. The molecule has 0 unspecified atom stereocenters. The Morgan fingerprint density at radius 1 is 0.867 bits per heavy atom. The van der Waals surface area contributed by atoms with Gasteiger partial charge in [0.2, 0.25) is 0 Å². The Balaban J connectivity index is 1.75. The first-order valence-electron chi connectivity index (χ1n) is 9.96. The molecule has 0 radical (unpaired) electrons. The summed E-state index contributed by atoms with van der Waals surface area (Å²) in [5.41, 5.74) is 5.81. The molecule has 0 atom stereocenters. The summed E-state index contributed by atoms with van der Waals surface area (Å²) in [6.45, 7) is 4.08. The molecule has 0 fully saturated rings. The van der Waals surface area contributed by atoms with Gasteiger partial charge < -0.3 is 4.98 Å². The van der Waals surface area contributed by atoms with Gasteiger partial charge >= 0.3 is 0 Å². The van der Waals surface area contributed by atoms with Crippen molar-refractivity contribution in [1.82, 2.24) is 14.5 Å². The van der Waals surface area contributed by atoms with E-state index in [0.717, 1.165) is 33.4 Å². The number of aromatic amines is 1. The minimum atomic E-state index is -0.0681. The van der Waals surface area contributed by atoms with E-state index in [4.69, 9.17) is 4.98 Å². The molecule has 4 nitrogen and oxygen atoms in total. The minimum Gasteiger partial charge on any atom is -0.358 e. The number of para-hydroxylation sites is 2. The Labute approximate surface area is 174 Å². The van der Waals surface area contributed by atoms with E-state index in [1.807, 2.05) is 79.7 Å². The quantitative estimate of drug-likeness (QED) is 0.432. The number of H-pyrrole nitrogens is 1. The molecule has 0 aliphatic rings. The van der Waals surface area contributed by atoms with E-state index in [-0.39, 0.29) is 5.56 Å². The van der Waals surface area contributed by atoms with Gasteiger partial charge in [-0.3, -0.25) is 9.36 Å². The van der Waals surface area contributed by atoms with Crippen LogP contribution in [0.1, 0.15) is 22.6 Å². The Morgan fingerprint density at radius 3 is 2.47 bits per heavy atom. The number of fused-ring (bicyclic) bond motifs is 2. The summed E-state index contributed by atoms with van der Waals surface area (Å²) in [6, 6.07) is 23.6. The lowest BCUT2D eigenvalue weighted by Crippen LogP contribution is -2.22. The maximum atomic E-state index is 13.4. The molecule has 0 aliphatic heterocycles. The highest BCUT2D eigenvalue weighted by atomic mass is 16.1. The fourth-order valence-electron chi connectivity index (χ4n) is 3.95. The SMILES string of the molecule is Cc1cccc(-n2c(C=Cc3c(C)[nH]c4ccccc34)nc3ccccc3c2=O)c1. The van der Waals surface area contributed by atoms with Crippen LogP contribution in [0.25, 0.3) is 39.6 Å². The van der Waals surface area contributed by atoms with E-state index in [0.29, 0.717) is 16.7 Å². The number of aryl methyl sites for hydroxylation is 2. The number of hydrogen-bond acceptors (Lipinski definition) is 2. The summed E-state index contributed by atoms with van der Waals surface area (Å²) in [7, 11) is 0. The minimum absolute atomic E-state index is 0.0681. The van der Waals surface area contributed by atoms with Crippen molar-refractivity contribution in [2.45, 2.75) is 13.8 Å².